The van der Waals surface area contributed by atoms with Crippen molar-refractivity contribution >= 4 is 22.2 Å². The van der Waals surface area contributed by atoms with Crippen LogP contribution in [0.1, 0.15) is 65.1 Å². The van der Waals surface area contributed by atoms with Gasteiger partial charge in [-0.1, -0.05) is 0 Å². The molecule has 5 nitrogen and oxygen atoms in total. The summed E-state index contributed by atoms with van der Waals surface area (Å²) >= 11 is 1.53. The molecule has 2 N–H and O–H groups in total. The van der Waals surface area contributed by atoms with E-state index in [1.165, 1.54) is 23.4 Å². The number of piperidine rings is 1. The van der Waals surface area contributed by atoms with E-state index < -0.39 is 0 Å². The standard InChI is InChI=1S/C23H34N4OS/c1-22(2,3)26-14-11-23(4,12-15-26)28-18-9-7-17(8-10-18)27-13-5-6-20(27)19-16-29-21(24)25-19/h7-10,16,20H,5-6,11-15H2,1-4H3,(H2,24,25)/t20-/m1/s1. The smallest absolute Gasteiger partial charge is 0.180 e. The number of hydrogen-bond acceptors (Lipinski definition) is 6. The van der Waals surface area contributed by atoms with Crippen LogP contribution in [-0.2, 0) is 0 Å². The zero-order chi connectivity index (χ0) is 20.6. The lowest BCUT2D eigenvalue weighted by molar-refractivity contribution is -0.0109. The highest BCUT2D eigenvalue weighted by atomic mass is 32.1. The third kappa shape index (κ3) is 4.53. The van der Waals surface area contributed by atoms with E-state index in [2.05, 4.69) is 72.1 Å². The fourth-order valence-electron chi connectivity index (χ4n) is 4.58. The molecule has 0 amide bonds. The third-order valence-corrected chi connectivity index (χ3v) is 7.13. The zero-order valence-corrected chi connectivity index (χ0v) is 19.0. The van der Waals surface area contributed by atoms with Gasteiger partial charge in [-0.2, -0.15) is 0 Å². The molecule has 0 saturated carbocycles. The van der Waals surface area contributed by atoms with Crippen LogP contribution in [0.15, 0.2) is 29.6 Å². The van der Waals surface area contributed by atoms with E-state index in [1.54, 1.807) is 0 Å². The number of aromatic nitrogens is 1. The van der Waals surface area contributed by atoms with Gasteiger partial charge in [0, 0.05) is 36.2 Å². The third-order valence-electron chi connectivity index (χ3n) is 6.44. The second-order valence-corrected chi connectivity index (χ2v) is 10.6. The van der Waals surface area contributed by atoms with Crippen LogP contribution in [0, 0.1) is 0 Å². The predicted molar refractivity (Wildman–Crippen MR) is 122 cm³/mol. The summed E-state index contributed by atoms with van der Waals surface area (Å²) in [5.74, 6) is 0.967. The van der Waals surface area contributed by atoms with E-state index in [1.807, 2.05) is 0 Å². The number of likely N-dealkylation sites (tertiary alicyclic amines) is 1. The van der Waals surface area contributed by atoms with Gasteiger partial charge in [0.05, 0.1) is 11.7 Å². The van der Waals surface area contributed by atoms with Crippen LogP contribution >= 0.6 is 11.3 Å². The minimum absolute atomic E-state index is 0.0857. The van der Waals surface area contributed by atoms with Crippen LogP contribution in [0.4, 0.5) is 10.8 Å². The highest BCUT2D eigenvalue weighted by Gasteiger charge is 2.35. The molecule has 1 aromatic heterocycles. The summed E-state index contributed by atoms with van der Waals surface area (Å²) in [6.45, 7) is 12.4. The minimum Gasteiger partial charge on any atom is -0.487 e. The Morgan fingerprint density at radius 1 is 1.14 bits per heavy atom. The monoisotopic (exact) mass is 414 g/mol. The average Bonchev–Trinajstić information content (AvgIpc) is 3.30. The highest BCUT2D eigenvalue weighted by molar-refractivity contribution is 7.13. The Labute approximate surface area is 178 Å². The van der Waals surface area contributed by atoms with Crippen molar-refractivity contribution in [2.45, 2.75) is 70.6 Å². The number of anilines is 2. The summed E-state index contributed by atoms with van der Waals surface area (Å²) in [6, 6.07) is 8.96. The van der Waals surface area contributed by atoms with Crippen molar-refractivity contribution in [3.63, 3.8) is 0 Å². The average molecular weight is 415 g/mol. The summed E-state index contributed by atoms with van der Waals surface area (Å²) in [4.78, 5) is 9.52. The molecular formula is C23H34N4OS. The Kier molecular flexibility index (Phi) is 5.51. The van der Waals surface area contributed by atoms with Gasteiger partial charge in [-0.25, -0.2) is 4.98 Å². The number of nitrogens with zero attached hydrogens (tertiary/aromatic N) is 3. The lowest BCUT2D eigenvalue weighted by atomic mass is 9.90. The van der Waals surface area contributed by atoms with Gasteiger partial charge in [0.1, 0.15) is 11.4 Å². The number of nitrogens with two attached hydrogens (primary N) is 1. The van der Waals surface area contributed by atoms with Crippen LogP contribution < -0.4 is 15.4 Å². The number of thiazole rings is 1. The molecule has 0 unspecified atom stereocenters. The normalized spacial score (nSPS) is 22.8. The fourth-order valence-corrected chi connectivity index (χ4v) is 5.19. The number of ether oxygens (including phenoxy) is 1. The van der Waals surface area contributed by atoms with E-state index in [0.717, 1.165) is 50.3 Å². The molecule has 2 fully saturated rings. The van der Waals surface area contributed by atoms with E-state index in [0.29, 0.717) is 11.2 Å². The minimum atomic E-state index is -0.0857. The fraction of sp³-hybridized carbons (Fsp3) is 0.609. The van der Waals surface area contributed by atoms with Crippen LogP contribution in [0.3, 0.4) is 0 Å². The summed E-state index contributed by atoms with van der Waals surface area (Å²) < 4.78 is 6.46. The van der Waals surface area contributed by atoms with Crippen LogP contribution in [0.2, 0.25) is 0 Å². The first-order valence-electron chi connectivity index (χ1n) is 10.8. The lowest BCUT2D eigenvalue weighted by Crippen LogP contribution is -2.52. The molecule has 0 aliphatic carbocycles. The van der Waals surface area contributed by atoms with Gasteiger partial charge in [0.15, 0.2) is 5.13 Å². The summed E-state index contributed by atoms with van der Waals surface area (Å²) in [5, 5.41) is 2.75. The van der Waals surface area contributed by atoms with Crippen molar-refractivity contribution < 1.29 is 4.74 Å². The molecule has 2 aliphatic heterocycles. The molecule has 1 atom stereocenters. The topological polar surface area (TPSA) is 54.6 Å². The maximum absolute atomic E-state index is 6.46. The zero-order valence-electron chi connectivity index (χ0n) is 18.1. The van der Waals surface area contributed by atoms with Gasteiger partial charge in [-0.05, 0) is 77.6 Å². The molecule has 2 saturated heterocycles. The molecule has 29 heavy (non-hydrogen) atoms. The van der Waals surface area contributed by atoms with Gasteiger partial charge < -0.3 is 15.4 Å². The first-order chi connectivity index (χ1) is 13.7. The van der Waals surface area contributed by atoms with Crippen molar-refractivity contribution in [3.05, 3.63) is 35.3 Å². The first-order valence-corrected chi connectivity index (χ1v) is 11.6. The Morgan fingerprint density at radius 3 is 2.41 bits per heavy atom. The van der Waals surface area contributed by atoms with Gasteiger partial charge >= 0.3 is 0 Å². The number of nitrogen functional groups attached to an aromatic ring is 1. The van der Waals surface area contributed by atoms with Gasteiger partial charge in [0.2, 0.25) is 0 Å². The van der Waals surface area contributed by atoms with Crippen LogP contribution in [-0.4, -0.2) is 40.7 Å². The van der Waals surface area contributed by atoms with Gasteiger partial charge in [-0.15, -0.1) is 11.3 Å². The predicted octanol–water partition coefficient (Wildman–Crippen LogP) is 5.10. The first kappa shape index (κ1) is 20.5. The maximum Gasteiger partial charge on any atom is 0.180 e. The molecule has 0 spiro atoms. The lowest BCUT2D eigenvalue weighted by Gasteiger charge is -2.45. The second kappa shape index (κ2) is 7.80. The van der Waals surface area contributed by atoms with Crippen molar-refractivity contribution in [1.82, 2.24) is 9.88 Å². The highest BCUT2D eigenvalue weighted by Crippen LogP contribution is 2.38. The van der Waals surface area contributed by atoms with Crippen molar-refractivity contribution in [1.29, 1.82) is 0 Å². The van der Waals surface area contributed by atoms with E-state index in [9.17, 15) is 0 Å². The van der Waals surface area contributed by atoms with Gasteiger partial charge in [0.25, 0.3) is 0 Å². The summed E-state index contributed by atoms with van der Waals surface area (Å²) in [6.07, 6.45) is 4.43. The maximum atomic E-state index is 6.46. The molecule has 1 aromatic carbocycles. The molecule has 3 heterocycles. The van der Waals surface area contributed by atoms with Crippen molar-refractivity contribution in [2.24, 2.45) is 0 Å². The number of benzene rings is 1. The van der Waals surface area contributed by atoms with Crippen LogP contribution in [0.25, 0.3) is 0 Å². The quantitative estimate of drug-likeness (QED) is 0.754. The molecule has 2 aliphatic rings. The molecule has 4 rings (SSSR count). The van der Waals surface area contributed by atoms with E-state index in [4.69, 9.17) is 10.5 Å². The molecule has 0 bridgehead atoms. The number of rotatable bonds is 4. The van der Waals surface area contributed by atoms with E-state index in [-0.39, 0.29) is 11.1 Å². The Balaban J connectivity index is 1.41. The molecule has 6 heteroatoms. The Hall–Kier alpha value is -1.79. The Morgan fingerprint density at radius 2 is 1.83 bits per heavy atom. The van der Waals surface area contributed by atoms with E-state index >= 15 is 0 Å². The largest absolute Gasteiger partial charge is 0.487 e. The molecule has 0 radical (unpaired) electrons. The summed E-state index contributed by atoms with van der Waals surface area (Å²) in [5.41, 5.74) is 8.34. The molecule has 158 valence electrons. The second-order valence-electron chi connectivity index (χ2n) is 9.67. The number of hydrogen-bond donors (Lipinski definition) is 1. The van der Waals surface area contributed by atoms with Crippen molar-refractivity contribution in [3.8, 4) is 5.75 Å². The molecule has 2 aromatic rings. The molecular weight excluding hydrogens is 380 g/mol. The SMILES string of the molecule is CC1(Oc2ccc(N3CCC[C@@H]3c3csc(N)n3)cc2)CCN(C(C)(C)C)CC1. The van der Waals surface area contributed by atoms with Crippen molar-refractivity contribution in [2.75, 3.05) is 30.3 Å². The summed E-state index contributed by atoms with van der Waals surface area (Å²) in [7, 11) is 0. The van der Waals surface area contributed by atoms with Crippen LogP contribution in [0.5, 0.6) is 5.75 Å². The Bertz CT molecular complexity index is 818. The van der Waals surface area contributed by atoms with Gasteiger partial charge in [-0.3, -0.25) is 4.90 Å².